The number of para-hydroxylation sites is 1. The van der Waals surface area contributed by atoms with Crippen molar-refractivity contribution in [2.75, 3.05) is 18.0 Å². The zero-order valence-electron chi connectivity index (χ0n) is 14.3. The molecule has 1 fully saturated rings. The molecule has 0 radical (unpaired) electrons. The minimum absolute atomic E-state index is 0.0232. The second kappa shape index (κ2) is 7.77. The minimum atomic E-state index is -4.82. The van der Waals surface area contributed by atoms with Gasteiger partial charge in [-0.15, -0.1) is 13.2 Å². The Morgan fingerprint density at radius 1 is 1.07 bits per heavy atom. The van der Waals surface area contributed by atoms with Gasteiger partial charge in [-0.3, -0.25) is 0 Å². The van der Waals surface area contributed by atoms with E-state index in [1.54, 1.807) is 0 Å². The topological polar surface area (TPSA) is 58.6 Å². The van der Waals surface area contributed by atoms with E-state index in [0.717, 1.165) is 49.3 Å². The van der Waals surface area contributed by atoms with E-state index in [9.17, 15) is 21.6 Å². The lowest BCUT2D eigenvalue weighted by atomic mass is 10.2. The first kappa shape index (κ1) is 19.5. The van der Waals surface area contributed by atoms with Gasteiger partial charge in [0.05, 0.1) is 4.90 Å². The lowest BCUT2D eigenvalue weighted by Gasteiger charge is -2.27. The van der Waals surface area contributed by atoms with Gasteiger partial charge in [0.1, 0.15) is 5.75 Å². The summed E-state index contributed by atoms with van der Waals surface area (Å²) in [5, 5.41) is 0. The van der Waals surface area contributed by atoms with Gasteiger partial charge in [0.2, 0.25) is 10.0 Å². The molecule has 5 nitrogen and oxygen atoms in total. The first-order valence-electron chi connectivity index (χ1n) is 8.42. The molecule has 1 aliphatic heterocycles. The van der Waals surface area contributed by atoms with E-state index in [1.807, 2.05) is 30.3 Å². The Balaban J connectivity index is 1.64. The van der Waals surface area contributed by atoms with Crippen LogP contribution < -0.4 is 14.4 Å². The van der Waals surface area contributed by atoms with Crippen LogP contribution in [0.25, 0.3) is 0 Å². The predicted molar refractivity (Wildman–Crippen MR) is 95.1 cm³/mol. The first-order chi connectivity index (χ1) is 12.7. The maximum absolute atomic E-state index is 12.4. The van der Waals surface area contributed by atoms with Gasteiger partial charge in [0.15, 0.2) is 0 Å². The Hall–Kier alpha value is -2.26. The lowest BCUT2D eigenvalue weighted by molar-refractivity contribution is -0.274. The average Bonchev–Trinajstić information content (AvgIpc) is 3.09. The summed E-state index contributed by atoms with van der Waals surface area (Å²) in [5.74, 6) is -0.465. The smallest absolute Gasteiger partial charge is 0.406 e. The Labute approximate surface area is 155 Å². The van der Waals surface area contributed by atoms with Gasteiger partial charge in [-0.1, -0.05) is 18.2 Å². The standard InChI is InChI=1S/C18H19F3N2O3S/c19-18(20,21)26-16-8-10-17(11-9-16)27(24,25)22-13-15-7-4-12-23(15)14-5-2-1-3-6-14/h1-3,5-6,8-11,15,22H,4,7,12-13H2/t15-/m1/s1. The number of hydrogen-bond donors (Lipinski definition) is 1. The Bertz CT molecular complexity index is 856. The maximum atomic E-state index is 12.4. The molecule has 0 bridgehead atoms. The van der Waals surface area contributed by atoms with Crippen LogP contribution in [-0.2, 0) is 10.0 Å². The molecule has 9 heteroatoms. The third kappa shape index (κ3) is 5.14. The molecule has 2 aromatic carbocycles. The van der Waals surface area contributed by atoms with Crippen LogP contribution in [0.5, 0.6) is 5.75 Å². The molecule has 3 rings (SSSR count). The van der Waals surface area contributed by atoms with Crippen molar-refractivity contribution >= 4 is 15.7 Å². The van der Waals surface area contributed by atoms with Gasteiger partial charge in [0.25, 0.3) is 0 Å². The molecule has 0 aliphatic carbocycles. The maximum Gasteiger partial charge on any atom is 0.573 e. The molecule has 0 aromatic heterocycles. The Morgan fingerprint density at radius 3 is 2.37 bits per heavy atom. The fourth-order valence-electron chi connectivity index (χ4n) is 3.12. The molecule has 27 heavy (non-hydrogen) atoms. The van der Waals surface area contributed by atoms with Crippen LogP contribution in [0.4, 0.5) is 18.9 Å². The van der Waals surface area contributed by atoms with Gasteiger partial charge < -0.3 is 9.64 Å². The monoisotopic (exact) mass is 400 g/mol. The van der Waals surface area contributed by atoms with Crippen molar-refractivity contribution in [2.45, 2.75) is 30.1 Å². The normalized spacial score (nSPS) is 17.9. The third-order valence-electron chi connectivity index (χ3n) is 4.34. The van der Waals surface area contributed by atoms with Crippen LogP contribution in [0.3, 0.4) is 0 Å². The highest BCUT2D eigenvalue weighted by molar-refractivity contribution is 7.89. The van der Waals surface area contributed by atoms with Crippen molar-refractivity contribution < 1.29 is 26.3 Å². The summed E-state index contributed by atoms with van der Waals surface area (Å²) in [6.45, 7) is 1.07. The molecule has 1 aliphatic rings. The largest absolute Gasteiger partial charge is 0.573 e. The van der Waals surface area contributed by atoms with Gasteiger partial charge >= 0.3 is 6.36 Å². The van der Waals surface area contributed by atoms with Crippen molar-refractivity contribution in [3.8, 4) is 5.75 Å². The van der Waals surface area contributed by atoms with E-state index < -0.39 is 22.1 Å². The molecule has 1 heterocycles. The summed E-state index contributed by atoms with van der Waals surface area (Å²) in [6.07, 6.45) is -3.00. The highest BCUT2D eigenvalue weighted by atomic mass is 32.2. The molecule has 0 unspecified atom stereocenters. The summed E-state index contributed by atoms with van der Waals surface area (Å²) in [4.78, 5) is 2.05. The van der Waals surface area contributed by atoms with E-state index in [4.69, 9.17) is 0 Å². The van der Waals surface area contributed by atoms with Crippen molar-refractivity contribution in [3.05, 3.63) is 54.6 Å². The first-order valence-corrected chi connectivity index (χ1v) is 9.90. The van der Waals surface area contributed by atoms with Gasteiger partial charge in [-0.2, -0.15) is 0 Å². The summed E-state index contributed by atoms with van der Waals surface area (Å²) in [5.41, 5.74) is 1.04. The van der Waals surface area contributed by atoms with E-state index in [0.29, 0.717) is 0 Å². The number of sulfonamides is 1. The quantitative estimate of drug-likeness (QED) is 0.806. The van der Waals surface area contributed by atoms with Crippen molar-refractivity contribution in [3.63, 3.8) is 0 Å². The van der Waals surface area contributed by atoms with Crippen LogP contribution in [0.1, 0.15) is 12.8 Å². The summed E-state index contributed by atoms with van der Waals surface area (Å²) >= 11 is 0. The SMILES string of the molecule is O=S(=O)(NC[C@H]1CCCN1c1ccccc1)c1ccc(OC(F)(F)F)cc1. The van der Waals surface area contributed by atoms with E-state index in [1.165, 1.54) is 0 Å². The van der Waals surface area contributed by atoms with Gasteiger partial charge in [0, 0.05) is 24.8 Å². The number of anilines is 1. The zero-order valence-corrected chi connectivity index (χ0v) is 15.1. The van der Waals surface area contributed by atoms with Crippen molar-refractivity contribution in [1.82, 2.24) is 4.72 Å². The Kier molecular flexibility index (Phi) is 5.61. The summed E-state index contributed by atoms with van der Waals surface area (Å²) in [7, 11) is -3.83. The third-order valence-corrected chi connectivity index (χ3v) is 5.78. The molecule has 0 amide bonds. The molecule has 1 N–H and O–H groups in total. The summed E-state index contributed by atoms with van der Waals surface area (Å²) in [6, 6.07) is 13.9. The Morgan fingerprint density at radius 2 is 1.74 bits per heavy atom. The predicted octanol–water partition coefficient (Wildman–Crippen LogP) is 3.53. The van der Waals surface area contributed by atoms with Gasteiger partial charge in [-0.05, 0) is 49.2 Å². The van der Waals surface area contributed by atoms with Crippen LogP contribution >= 0.6 is 0 Å². The highest BCUT2D eigenvalue weighted by Gasteiger charge is 2.31. The number of halogens is 3. The molecule has 2 aromatic rings. The number of rotatable bonds is 6. The number of ether oxygens (including phenoxy) is 1. The highest BCUT2D eigenvalue weighted by Crippen LogP contribution is 2.26. The van der Waals surface area contributed by atoms with Crippen LogP contribution in [0, 0.1) is 0 Å². The minimum Gasteiger partial charge on any atom is -0.406 e. The lowest BCUT2D eigenvalue weighted by Crippen LogP contribution is -2.40. The molecular weight excluding hydrogens is 381 g/mol. The second-order valence-corrected chi connectivity index (χ2v) is 7.96. The molecule has 0 saturated carbocycles. The van der Waals surface area contributed by atoms with Crippen LogP contribution in [0.2, 0.25) is 0 Å². The molecular formula is C18H19F3N2O3S. The second-order valence-electron chi connectivity index (χ2n) is 6.20. The van der Waals surface area contributed by atoms with E-state index in [2.05, 4.69) is 14.4 Å². The van der Waals surface area contributed by atoms with E-state index >= 15 is 0 Å². The number of nitrogens with one attached hydrogen (secondary N) is 1. The fraction of sp³-hybridized carbons (Fsp3) is 0.333. The van der Waals surface area contributed by atoms with Crippen molar-refractivity contribution in [1.29, 1.82) is 0 Å². The molecule has 146 valence electrons. The van der Waals surface area contributed by atoms with Crippen LogP contribution in [0.15, 0.2) is 59.5 Å². The van der Waals surface area contributed by atoms with E-state index in [-0.39, 0.29) is 17.5 Å². The molecule has 1 saturated heterocycles. The number of nitrogens with zero attached hydrogens (tertiary/aromatic N) is 1. The average molecular weight is 400 g/mol. The molecule has 0 spiro atoms. The number of alkyl halides is 3. The number of hydrogen-bond acceptors (Lipinski definition) is 4. The summed E-state index contributed by atoms with van der Waals surface area (Å²) < 4.78 is 67.7. The fourth-order valence-corrected chi connectivity index (χ4v) is 4.19. The van der Waals surface area contributed by atoms with Gasteiger partial charge in [-0.25, -0.2) is 13.1 Å². The molecule has 1 atom stereocenters. The van der Waals surface area contributed by atoms with Crippen LogP contribution in [-0.4, -0.2) is 33.9 Å². The zero-order chi connectivity index (χ0) is 19.5. The van der Waals surface area contributed by atoms with Crippen molar-refractivity contribution in [2.24, 2.45) is 0 Å². The number of benzene rings is 2.